The molecule has 154 valence electrons. The minimum atomic E-state index is -0.454. The number of likely N-dealkylation sites (tertiary alicyclic amines) is 1. The van der Waals surface area contributed by atoms with Gasteiger partial charge in [-0.25, -0.2) is 4.39 Å². The zero-order valence-electron chi connectivity index (χ0n) is 16.8. The molecule has 2 atom stereocenters. The zero-order valence-corrected chi connectivity index (χ0v) is 16.8. The van der Waals surface area contributed by atoms with Gasteiger partial charge in [0.1, 0.15) is 11.6 Å². The lowest BCUT2D eigenvalue weighted by Gasteiger charge is -2.38. The largest absolute Gasteiger partial charge is 0.497 e. The van der Waals surface area contributed by atoms with Crippen molar-refractivity contribution in [3.05, 3.63) is 66.1 Å². The van der Waals surface area contributed by atoms with Crippen molar-refractivity contribution >= 4 is 28.4 Å². The maximum atomic E-state index is 13.4. The number of anilines is 1. The number of hydrogen-bond donors (Lipinski definition) is 1. The molecule has 1 saturated heterocycles. The second kappa shape index (κ2) is 8.10. The number of nitrogens with one attached hydrogen (secondary N) is 1. The van der Waals surface area contributed by atoms with Crippen LogP contribution in [0.2, 0.25) is 0 Å². The fraction of sp³-hybridized carbons (Fsp3) is 0.261. The highest BCUT2D eigenvalue weighted by molar-refractivity contribution is 5.96. The molecular formula is C23H22FN3O3. The van der Waals surface area contributed by atoms with Gasteiger partial charge in [-0.3, -0.25) is 14.6 Å². The summed E-state index contributed by atoms with van der Waals surface area (Å²) in [7, 11) is 3.28. The van der Waals surface area contributed by atoms with Gasteiger partial charge in [-0.05, 0) is 42.3 Å². The van der Waals surface area contributed by atoms with Crippen molar-refractivity contribution in [1.82, 2.24) is 9.88 Å². The summed E-state index contributed by atoms with van der Waals surface area (Å²) in [6.07, 6.45) is 2.32. The highest BCUT2D eigenvalue weighted by atomic mass is 19.1. The molecule has 7 heteroatoms. The van der Waals surface area contributed by atoms with Crippen LogP contribution in [0.25, 0.3) is 10.9 Å². The lowest BCUT2D eigenvalue weighted by Crippen LogP contribution is -2.44. The van der Waals surface area contributed by atoms with Gasteiger partial charge in [-0.15, -0.1) is 0 Å². The van der Waals surface area contributed by atoms with E-state index in [2.05, 4.69) is 10.3 Å². The Hall–Kier alpha value is -3.48. The predicted octanol–water partition coefficient (Wildman–Crippen LogP) is 3.93. The van der Waals surface area contributed by atoms with Gasteiger partial charge >= 0.3 is 0 Å². The van der Waals surface area contributed by atoms with Crippen LogP contribution in [0.4, 0.5) is 10.1 Å². The summed E-state index contributed by atoms with van der Waals surface area (Å²) in [5.41, 5.74) is 2.07. The van der Waals surface area contributed by atoms with Gasteiger partial charge in [0, 0.05) is 24.9 Å². The number of benzene rings is 2. The molecule has 1 fully saturated rings. The van der Waals surface area contributed by atoms with Crippen LogP contribution in [-0.2, 0) is 9.59 Å². The van der Waals surface area contributed by atoms with Gasteiger partial charge in [0.15, 0.2) is 0 Å². The molecule has 1 N–H and O–H groups in total. The number of piperidine rings is 1. The molecule has 6 nitrogen and oxygen atoms in total. The van der Waals surface area contributed by atoms with E-state index in [9.17, 15) is 14.0 Å². The lowest BCUT2D eigenvalue weighted by molar-refractivity contribution is -0.140. The van der Waals surface area contributed by atoms with Crippen molar-refractivity contribution in [3.63, 3.8) is 0 Å². The van der Waals surface area contributed by atoms with Gasteiger partial charge in [0.2, 0.25) is 11.8 Å². The molecule has 0 bridgehead atoms. The summed E-state index contributed by atoms with van der Waals surface area (Å²) < 4.78 is 18.6. The summed E-state index contributed by atoms with van der Waals surface area (Å²) >= 11 is 0. The van der Waals surface area contributed by atoms with E-state index < -0.39 is 12.0 Å². The minimum Gasteiger partial charge on any atom is -0.497 e. The Bertz CT molecular complexity index is 1100. The Morgan fingerprint density at radius 2 is 1.97 bits per heavy atom. The quantitative estimate of drug-likeness (QED) is 0.711. The normalized spacial score (nSPS) is 19.0. The number of fused-ring (bicyclic) bond motifs is 1. The van der Waals surface area contributed by atoms with Crippen LogP contribution >= 0.6 is 0 Å². The molecule has 4 rings (SSSR count). The number of nitrogens with zero attached hydrogens (tertiary/aromatic N) is 2. The second-order valence-electron chi connectivity index (χ2n) is 7.42. The fourth-order valence-electron chi connectivity index (χ4n) is 3.96. The Morgan fingerprint density at radius 1 is 1.20 bits per heavy atom. The Balaban J connectivity index is 1.59. The molecule has 2 unspecified atom stereocenters. The van der Waals surface area contributed by atoms with E-state index in [1.165, 1.54) is 12.1 Å². The number of carbonyl (C=O) groups is 2. The average molecular weight is 407 g/mol. The van der Waals surface area contributed by atoms with Crippen LogP contribution in [-0.4, -0.2) is 35.9 Å². The van der Waals surface area contributed by atoms with Crippen LogP contribution in [0.15, 0.2) is 54.7 Å². The number of ether oxygens (including phenoxy) is 1. The van der Waals surface area contributed by atoms with Crippen LogP contribution in [0.1, 0.15) is 24.4 Å². The third-order valence-corrected chi connectivity index (χ3v) is 5.57. The van der Waals surface area contributed by atoms with E-state index in [4.69, 9.17) is 4.74 Å². The molecule has 1 aliphatic heterocycles. The van der Waals surface area contributed by atoms with Crippen LogP contribution in [0.3, 0.4) is 0 Å². The van der Waals surface area contributed by atoms with Gasteiger partial charge in [0.05, 0.1) is 36.5 Å². The first-order valence-corrected chi connectivity index (χ1v) is 9.72. The van der Waals surface area contributed by atoms with E-state index in [1.807, 2.05) is 24.3 Å². The van der Waals surface area contributed by atoms with Crippen LogP contribution in [0, 0.1) is 11.7 Å². The fourth-order valence-corrected chi connectivity index (χ4v) is 3.96. The standard InChI is InChI=1S/C23H22FN3O3/c1-27-21(28)10-9-19(22(27)14-3-6-16(24)7-4-14)23(29)26-17-11-15-5-8-18(30-2)12-20(15)25-13-17/h3-8,11-13,19,22H,9-10H2,1-2H3,(H,26,29). The summed E-state index contributed by atoms with van der Waals surface area (Å²) in [5, 5.41) is 3.81. The minimum absolute atomic E-state index is 0.0327. The first-order valence-electron chi connectivity index (χ1n) is 9.72. The number of hydrogen-bond acceptors (Lipinski definition) is 4. The number of methoxy groups -OCH3 is 1. The molecular weight excluding hydrogens is 385 g/mol. The molecule has 2 heterocycles. The zero-order chi connectivity index (χ0) is 21.3. The third-order valence-electron chi connectivity index (χ3n) is 5.57. The summed E-state index contributed by atoms with van der Waals surface area (Å²) in [5.74, 6) is -0.329. The molecule has 1 aliphatic rings. The Labute approximate surface area is 173 Å². The molecule has 1 aromatic heterocycles. The number of rotatable bonds is 4. The first kappa shape index (κ1) is 19.8. The van der Waals surface area contributed by atoms with E-state index in [0.717, 1.165) is 16.5 Å². The third kappa shape index (κ3) is 3.83. The highest BCUT2D eigenvalue weighted by Gasteiger charge is 2.38. The summed E-state index contributed by atoms with van der Waals surface area (Å²) in [4.78, 5) is 31.4. The monoisotopic (exact) mass is 407 g/mol. The first-order chi connectivity index (χ1) is 14.5. The highest BCUT2D eigenvalue weighted by Crippen LogP contribution is 2.36. The molecule has 2 aromatic carbocycles. The number of halogens is 1. The van der Waals surface area contributed by atoms with E-state index in [0.29, 0.717) is 24.3 Å². The molecule has 0 saturated carbocycles. The average Bonchev–Trinajstić information content (AvgIpc) is 2.76. The van der Waals surface area contributed by atoms with E-state index >= 15 is 0 Å². The molecule has 0 aliphatic carbocycles. The predicted molar refractivity (Wildman–Crippen MR) is 112 cm³/mol. The van der Waals surface area contributed by atoms with Gasteiger partial charge in [-0.2, -0.15) is 0 Å². The van der Waals surface area contributed by atoms with Crippen LogP contribution < -0.4 is 10.1 Å². The summed E-state index contributed by atoms with van der Waals surface area (Å²) in [6.45, 7) is 0. The van der Waals surface area contributed by atoms with Crippen molar-refractivity contribution in [2.75, 3.05) is 19.5 Å². The summed E-state index contributed by atoms with van der Waals surface area (Å²) in [6, 6.07) is 12.9. The van der Waals surface area contributed by atoms with Gasteiger partial charge < -0.3 is 15.0 Å². The Morgan fingerprint density at radius 3 is 2.70 bits per heavy atom. The number of aromatic nitrogens is 1. The lowest BCUT2D eigenvalue weighted by atomic mass is 9.84. The second-order valence-corrected chi connectivity index (χ2v) is 7.42. The maximum absolute atomic E-state index is 13.4. The SMILES string of the molecule is COc1ccc2cc(NC(=O)C3CCC(=O)N(C)C3c3ccc(F)cc3)cnc2c1. The topological polar surface area (TPSA) is 71.5 Å². The molecule has 3 aromatic rings. The number of carbonyl (C=O) groups excluding carboxylic acids is 2. The smallest absolute Gasteiger partial charge is 0.229 e. The van der Waals surface area contributed by atoms with Crippen molar-refractivity contribution in [2.24, 2.45) is 5.92 Å². The number of amides is 2. The Kier molecular flexibility index (Phi) is 5.35. The maximum Gasteiger partial charge on any atom is 0.229 e. The number of pyridine rings is 1. The molecule has 30 heavy (non-hydrogen) atoms. The van der Waals surface area contributed by atoms with E-state index in [-0.39, 0.29) is 17.6 Å². The van der Waals surface area contributed by atoms with Crippen LogP contribution in [0.5, 0.6) is 5.75 Å². The van der Waals surface area contributed by atoms with Crippen molar-refractivity contribution in [1.29, 1.82) is 0 Å². The van der Waals surface area contributed by atoms with Crippen molar-refractivity contribution in [3.8, 4) is 5.75 Å². The van der Waals surface area contributed by atoms with Crippen molar-refractivity contribution in [2.45, 2.75) is 18.9 Å². The van der Waals surface area contributed by atoms with Crippen molar-refractivity contribution < 1.29 is 18.7 Å². The van der Waals surface area contributed by atoms with E-state index in [1.54, 1.807) is 37.4 Å². The molecule has 0 spiro atoms. The molecule has 2 amide bonds. The van der Waals surface area contributed by atoms with Gasteiger partial charge in [0.25, 0.3) is 0 Å². The van der Waals surface area contributed by atoms with Gasteiger partial charge in [-0.1, -0.05) is 12.1 Å². The molecule has 0 radical (unpaired) electrons.